The van der Waals surface area contributed by atoms with E-state index in [0.29, 0.717) is 19.5 Å². The van der Waals surface area contributed by atoms with Crippen LogP contribution in [0.1, 0.15) is 31.7 Å². The van der Waals surface area contributed by atoms with Crippen LogP contribution in [-0.2, 0) is 11.3 Å². The van der Waals surface area contributed by atoms with Crippen molar-refractivity contribution in [1.82, 2.24) is 4.90 Å². The highest BCUT2D eigenvalue weighted by atomic mass is 16.3. The number of β-amino-alcohol motifs (C(OH)–C–C–N with tert-alkyl or cyclic N) is 1. The number of nitrogens with two attached hydrogens (primary N) is 1. The highest BCUT2D eigenvalue weighted by Gasteiger charge is 2.30. The molecule has 0 spiro atoms. The molecular weight excluding hydrogens is 266 g/mol. The number of benzene rings is 1. The number of para-hydroxylation sites is 1. The Kier molecular flexibility index (Phi) is 5.33. The molecule has 5 heteroatoms. The van der Waals surface area contributed by atoms with Crippen LogP contribution in [0.2, 0.25) is 0 Å². The van der Waals surface area contributed by atoms with Gasteiger partial charge in [0.1, 0.15) is 0 Å². The van der Waals surface area contributed by atoms with E-state index in [-0.39, 0.29) is 5.91 Å². The summed E-state index contributed by atoms with van der Waals surface area (Å²) < 4.78 is 0. The Morgan fingerprint density at radius 1 is 1.48 bits per heavy atom. The van der Waals surface area contributed by atoms with Crippen molar-refractivity contribution in [3.8, 4) is 0 Å². The molecule has 4 N–H and O–H groups in total. The molecule has 0 saturated carbocycles. The molecule has 1 fully saturated rings. The van der Waals surface area contributed by atoms with Crippen molar-refractivity contribution < 1.29 is 9.90 Å². The van der Waals surface area contributed by atoms with E-state index in [1.807, 2.05) is 31.2 Å². The second kappa shape index (κ2) is 7.02. The van der Waals surface area contributed by atoms with Crippen LogP contribution in [0.4, 0.5) is 5.69 Å². The van der Waals surface area contributed by atoms with Crippen LogP contribution in [0.3, 0.4) is 0 Å². The normalized spacial score (nSPS) is 22.4. The van der Waals surface area contributed by atoms with Crippen molar-refractivity contribution in [2.45, 2.75) is 38.3 Å². The molecule has 21 heavy (non-hydrogen) atoms. The van der Waals surface area contributed by atoms with E-state index in [9.17, 15) is 9.90 Å². The van der Waals surface area contributed by atoms with E-state index in [0.717, 1.165) is 37.2 Å². The summed E-state index contributed by atoms with van der Waals surface area (Å²) in [5, 5.41) is 12.8. The van der Waals surface area contributed by atoms with Gasteiger partial charge >= 0.3 is 0 Å². The predicted molar refractivity (Wildman–Crippen MR) is 83.9 cm³/mol. The first-order valence-corrected chi connectivity index (χ1v) is 7.53. The Bertz CT molecular complexity index is 488. The summed E-state index contributed by atoms with van der Waals surface area (Å²) in [7, 11) is 0. The van der Waals surface area contributed by atoms with E-state index < -0.39 is 5.60 Å². The largest absolute Gasteiger partial charge is 0.389 e. The minimum absolute atomic E-state index is 0.0156. The monoisotopic (exact) mass is 291 g/mol. The van der Waals surface area contributed by atoms with E-state index in [1.165, 1.54) is 0 Å². The topological polar surface area (TPSA) is 78.6 Å². The van der Waals surface area contributed by atoms with Crippen LogP contribution in [-0.4, -0.2) is 41.1 Å². The lowest BCUT2D eigenvalue weighted by molar-refractivity contribution is -0.116. The number of hydrogen-bond donors (Lipinski definition) is 3. The Labute approximate surface area is 126 Å². The first-order valence-electron chi connectivity index (χ1n) is 7.53. The number of nitrogens with zero attached hydrogens (tertiary/aromatic N) is 1. The second-order valence-electron chi connectivity index (χ2n) is 6.04. The van der Waals surface area contributed by atoms with Crippen LogP contribution in [0.25, 0.3) is 0 Å². The van der Waals surface area contributed by atoms with Gasteiger partial charge in [-0.15, -0.1) is 0 Å². The predicted octanol–water partition coefficient (Wildman–Crippen LogP) is 1.32. The molecule has 1 aromatic rings. The van der Waals surface area contributed by atoms with Crippen LogP contribution in [0.15, 0.2) is 24.3 Å². The lowest BCUT2D eigenvalue weighted by Crippen LogP contribution is -2.30. The molecule has 1 atom stereocenters. The number of hydrogen-bond acceptors (Lipinski definition) is 4. The van der Waals surface area contributed by atoms with Crippen molar-refractivity contribution in [3.05, 3.63) is 29.8 Å². The molecule has 1 unspecified atom stereocenters. The number of likely N-dealkylation sites (tertiary alicyclic amines) is 1. The van der Waals surface area contributed by atoms with Gasteiger partial charge in [0.2, 0.25) is 5.91 Å². The van der Waals surface area contributed by atoms with Gasteiger partial charge in [-0.25, -0.2) is 0 Å². The van der Waals surface area contributed by atoms with Crippen molar-refractivity contribution >= 4 is 11.6 Å². The van der Waals surface area contributed by atoms with Crippen molar-refractivity contribution in [3.63, 3.8) is 0 Å². The Balaban J connectivity index is 1.73. The number of anilines is 1. The summed E-state index contributed by atoms with van der Waals surface area (Å²) in [6.07, 6.45) is 2.09. The van der Waals surface area contributed by atoms with E-state index in [2.05, 4.69) is 10.2 Å². The molecule has 0 aromatic heterocycles. The number of amides is 1. The second-order valence-corrected chi connectivity index (χ2v) is 6.04. The van der Waals surface area contributed by atoms with Crippen LogP contribution in [0.5, 0.6) is 0 Å². The average Bonchev–Trinajstić information content (AvgIpc) is 2.79. The van der Waals surface area contributed by atoms with Gasteiger partial charge in [0, 0.05) is 31.7 Å². The van der Waals surface area contributed by atoms with Crippen LogP contribution in [0, 0.1) is 0 Å². The maximum atomic E-state index is 12.0. The van der Waals surface area contributed by atoms with Crippen molar-refractivity contribution in [2.75, 3.05) is 25.0 Å². The lowest BCUT2D eigenvalue weighted by Gasteiger charge is -2.18. The maximum Gasteiger partial charge on any atom is 0.224 e. The van der Waals surface area contributed by atoms with E-state index in [4.69, 9.17) is 5.73 Å². The number of rotatable bonds is 6. The minimum Gasteiger partial charge on any atom is -0.389 e. The molecular formula is C16H25N3O2. The number of aliphatic hydroxyl groups is 1. The SMILES string of the molecule is CC1(O)CCN(CCCC(=O)Nc2ccccc2CN)C1. The highest BCUT2D eigenvalue weighted by Crippen LogP contribution is 2.20. The summed E-state index contributed by atoms with van der Waals surface area (Å²) in [5.41, 5.74) is 6.83. The highest BCUT2D eigenvalue weighted by molar-refractivity contribution is 5.91. The zero-order valence-electron chi connectivity index (χ0n) is 12.6. The van der Waals surface area contributed by atoms with Gasteiger partial charge in [0.25, 0.3) is 0 Å². The number of carbonyl (C=O) groups is 1. The number of nitrogens with one attached hydrogen (secondary N) is 1. The molecule has 0 radical (unpaired) electrons. The summed E-state index contributed by atoms with van der Waals surface area (Å²) in [4.78, 5) is 14.2. The molecule has 1 saturated heterocycles. The quantitative estimate of drug-likeness (QED) is 0.738. The summed E-state index contributed by atoms with van der Waals surface area (Å²) >= 11 is 0. The average molecular weight is 291 g/mol. The Hall–Kier alpha value is -1.43. The van der Waals surface area contributed by atoms with Gasteiger partial charge < -0.3 is 21.1 Å². The smallest absolute Gasteiger partial charge is 0.224 e. The fourth-order valence-electron chi connectivity index (χ4n) is 2.73. The fraction of sp³-hybridized carbons (Fsp3) is 0.562. The molecule has 0 aliphatic carbocycles. The van der Waals surface area contributed by atoms with Gasteiger partial charge in [-0.1, -0.05) is 18.2 Å². The summed E-state index contributed by atoms with van der Waals surface area (Å²) in [6.45, 7) is 4.74. The zero-order chi connectivity index (χ0) is 15.3. The van der Waals surface area contributed by atoms with Gasteiger partial charge in [0.15, 0.2) is 0 Å². The molecule has 1 aliphatic heterocycles. The third kappa shape index (κ3) is 4.81. The Morgan fingerprint density at radius 2 is 2.24 bits per heavy atom. The molecule has 0 bridgehead atoms. The van der Waals surface area contributed by atoms with Gasteiger partial charge in [0.05, 0.1) is 5.60 Å². The summed E-state index contributed by atoms with van der Waals surface area (Å²) in [6, 6.07) is 7.60. The fourth-order valence-corrected chi connectivity index (χ4v) is 2.73. The maximum absolute atomic E-state index is 12.0. The molecule has 5 nitrogen and oxygen atoms in total. The minimum atomic E-state index is -0.567. The molecule has 1 aliphatic rings. The van der Waals surface area contributed by atoms with Crippen LogP contribution < -0.4 is 11.1 Å². The van der Waals surface area contributed by atoms with Crippen LogP contribution >= 0.6 is 0 Å². The van der Waals surface area contributed by atoms with Gasteiger partial charge in [-0.3, -0.25) is 4.79 Å². The molecule has 1 amide bonds. The standard InChI is InChI=1S/C16H25N3O2/c1-16(21)8-10-19(12-16)9-4-7-15(20)18-14-6-3-2-5-13(14)11-17/h2-3,5-6,21H,4,7-12,17H2,1H3,(H,18,20). The molecule has 1 aromatic carbocycles. The van der Waals surface area contributed by atoms with E-state index in [1.54, 1.807) is 0 Å². The third-order valence-electron chi connectivity index (χ3n) is 3.92. The van der Waals surface area contributed by atoms with Gasteiger partial charge in [-0.2, -0.15) is 0 Å². The zero-order valence-corrected chi connectivity index (χ0v) is 12.6. The Morgan fingerprint density at radius 3 is 2.90 bits per heavy atom. The molecule has 116 valence electrons. The lowest BCUT2D eigenvalue weighted by atomic mass is 10.1. The summed E-state index contributed by atoms with van der Waals surface area (Å²) in [5.74, 6) is 0.0156. The number of carbonyl (C=O) groups excluding carboxylic acids is 1. The van der Waals surface area contributed by atoms with Crippen molar-refractivity contribution in [2.24, 2.45) is 5.73 Å². The van der Waals surface area contributed by atoms with E-state index >= 15 is 0 Å². The third-order valence-corrected chi connectivity index (χ3v) is 3.92. The van der Waals surface area contributed by atoms with Gasteiger partial charge in [-0.05, 0) is 37.9 Å². The van der Waals surface area contributed by atoms with Crippen molar-refractivity contribution in [1.29, 1.82) is 0 Å². The molecule has 1 heterocycles. The first kappa shape index (κ1) is 15.9. The molecule has 2 rings (SSSR count). The first-order chi connectivity index (χ1) is 10.00.